The summed E-state index contributed by atoms with van der Waals surface area (Å²) in [6, 6.07) is -1.01. The van der Waals surface area contributed by atoms with Gasteiger partial charge < -0.3 is 15.7 Å². The molecule has 1 atom stereocenters. The number of aliphatic carboxylic acids is 1. The lowest BCUT2D eigenvalue weighted by molar-refractivity contribution is -0.138. The lowest BCUT2D eigenvalue weighted by atomic mass is 10.3. The van der Waals surface area contributed by atoms with Gasteiger partial charge in [-0.3, -0.25) is 4.79 Å². The smallest absolute Gasteiger partial charge is 0.325 e. The third-order valence-corrected chi connectivity index (χ3v) is 1.96. The summed E-state index contributed by atoms with van der Waals surface area (Å²) in [5, 5.41) is 12.5. The van der Waals surface area contributed by atoms with Crippen molar-refractivity contribution in [3.05, 3.63) is 29.6 Å². The second kappa shape index (κ2) is 5.39. The summed E-state index contributed by atoms with van der Waals surface area (Å²) >= 11 is 0. The van der Waals surface area contributed by atoms with Crippen LogP contribution in [0.2, 0.25) is 0 Å². The van der Waals surface area contributed by atoms with Gasteiger partial charge in [-0.2, -0.15) is 0 Å². The molecule has 1 unspecified atom stereocenters. The molecule has 0 aliphatic rings. The summed E-state index contributed by atoms with van der Waals surface area (Å²) in [5.74, 6) is -5.85. The third kappa shape index (κ3) is 3.37. The highest BCUT2D eigenvalue weighted by Gasteiger charge is 2.15. The number of hydrogen-bond acceptors (Lipinski definition) is 2. The maximum absolute atomic E-state index is 12.8. The van der Waals surface area contributed by atoms with Crippen molar-refractivity contribution in [1.82, 2.24) is 5.32 Å². The van der Waals surface area contributed by atoms with Gasteiger partial charge in [0.1, 0.15) is 6.04 Å². The van der Waals surface area contributed by atoms with Crippen molar-refractivity contribution in [2.24, 2.45) is 0 Å². The number of carbonyl (C=O) groups excluding carboxylic acids is 1. The lowest BCUT2D eigenvalue weighted by Gasteiger charge is -2.11. The Labute approximate surface area is 99.6 Å². The zero-order chi connectivity index (χ0) is 13.9. The zero-order valence-electron chi connectivity index (χ0n) is 9.13. The molecule has 0 heterocycles. The summed E-state index contributed by atoms with van der Waals surface area (Å²) < 4.78 is 38.2. The molecule has 0 radical (unpaired) electrons. The van der Waals surface area contributed by atoms with Gasteiger partial charge >= 0.3 is 12.0 Å². The first-order valence-corrected chi connectivity index (χ1v) is 4.76. The molecule has 0 saturated heterocycles. The Hall–Kier alpha value is -2.25. The fourth-order valence-electron chi connectivity index (χ4n) is 1.05. The SMILES string of the molecule is CC(NC(=O)Nc1cc(F)c(F)c(F)c1)C(=O)O. The molecule has 1 aromatic rings. The first-order chi connectivity index (χ1) is 8.31. The maximum Gasteiger partial charge on any atom is 0.325 e. The van der Waals surface area contributed by atoms with Gasteiger partial charge in [-0.15, -0.1) is 0 Å². The van der Waals surface area contributed by atoms with Crippen molar-refractivity contribution in [1.29, 1.82) is 0 Å². The minimum absolute atomic E-state index is 0.332. The van der Waals surface area contributed by atoms with Crippen LogP contribution in [0.3, 0.4) is 0 Å². The number of halogens is 3. The molecule has 18 heavy (non-hydrogen) atoms. The Morgan fingerprint density at radius 1 is 1.22 bits per heavy atom. The van der Waals surface area contributed by atoms with Crippen LogP contribution in [-0.2, 0) is 4.79 Å². The molecule has 3 N–H and O–H groups in total. The molecule has 8 heteroatoms. The van der Waals surface area contributed by atoms with E-state index in [-0.39, 0.29) is 5.69 Å². The number of anilines is 1. The van der Waals surface area contributed by atoms with Crippen LogP contribution in [0.4, 0.5) is 23.7 Å². The number of urea groups is 1. The van der Waals surface area contributed by atoms with E-state index in [0.717, 1.165) is 0 Å². The number of amides is 2. The minimum Gasteiger partial charge on any atom is -0.480 e. The largest absolute Gasteiger partial charge is 0.480 e. The van der Waals surface area contributed by atoms with E-state index in [2.05, 4.69) is 0 Å². The molecular formula is C10H9F3N2O3. The molecule has 1 aromatic carbocycles. The molecule has 0 aliphatic heterocycles. The second-order valence-corrected chi connectivity index (χ2v) is 3.41. The average Bonchev–Trinajstić information content (AvgIpc) is 2.25. The molecular weight excluding hydrogens is 253 g/mol. The highest BCUT2D eigenvalue weighted by atomic mass is 19.2. The quantitative estimate of drug-likeness (QED) is 0.725. The summed E-state index contributed by atoms with van der Waals surface area (Å²) in [7, 11) is 0. The van der Waals surface area contributed by atoms with Crippen LogP contribution < -0.4 is 10.6 Å². The average molecular weight is 262 g/mol. The molecule has 98 valence electrons. The van der Waals surface area contributed by atoms with Crippen molar-refractivity contribution in [2.75, 3.05) is 5.32 Å². The van der Waals surface area contributed by atoms with Crippen molar-refractivity contribution in [2.45, 2.75) is 13.0 Å². The Bertz CT molecular complexity index is 470. The van der Waals surface area contributed by atoms with Gasteiger partial charge in [-0.25, -0.2) is 18.0 Å². The van der Waals surface area contributed by atoms with Gasteiger partial charge in [-0.1, -0.05) is 0 Å². The Kier molecular flexibility index (Phi) is 4.13. The fourth-order valence-corrected chi connectivity index (χ4v) is 1.05. The minimum atomic E-state index is -1.65. The van der Waals surface area contributed by atoms with Gasteiger partial charge in [0.15, 0.2) is 17.5 Å². The molecule has 5 nitrogen and oxygen atoms in total. The first kappa shape index (κ1) is 13.8. The molecule has 0 aliphatic carbocycles. The Morgan fingerprint density at radius 3 is 2.17 bits per heavy atom. The van der Waals surface area contributed by atoms with Crippen LogP contribution in [0.5, 0.6) is 0 Å². The van der Waals surface area contributed by atoms with E-state index in [1.165, 1.54) is 6.92 Å². The first-order valence-electron chi connectivity index (χ1n) is 4.76. The predicted molar refractivity (Wildman–Crippen MR) is 55.6 cm³/mol. The summed E-state index contributed by atoms with van der Waals surface area (Å²) in [6.45, 7) is 1.20. The summed E-state index contributed by atoms with van der Waals surface area (Å²) in [5.41, 5.74) is -0.332. The van der Waals surface area contributed by atoms with Gasteiger partial charge in [-0.05, 0) is 6.92 Å². The standard InChI is InChI=1S/C10H9F3N2O3/c1-4(9(16)17)14-10(18)15-5-2-6(11)8(13)7(12)3-5/h2-4H,1H3,(H,16,17)(H2,14,15,18). The highest BCUT2D eigenvalue weighted by molar-refractivity contribution is 5.92. The number of rotatable bonds is 3. The van der Waals surface area contributed by atoms with E-state index in [1.54, 1.807) is 0 Å². The number of carboxylic acids is 1. The zero-order valence-corrected chi connectivity index (χ0v) is 9.13. The number of hydrogen-bond donors (Lipinski definition) is 3. The van der Waals surface area contributed by atoms with Crippen LogP contribution in [0, 0.1) is 17.5 Å². The van der Waals surface area contributed by atoms with Crippen molar-refractivity contribution >= 4 is 17.7 Å². The van der Waals surface area contributed by atoms with E-state index in [4.69, 9.17) is 5.11 Å². The van der Waals surface area contributed by atoms with Crippen LogP contribution in [-0.4, -0.2) is 23.1 Å². The fraction of sp³-hybridized carbons (Fsp3) is 0.200. The van der Waals surface area contributed by atoms with E-state index in [1.807, 2.05) is 10.6 Å². The van der Waals surface area contributed by atoms with Gasteiger partial charge in [0, 0.05) is 17.8 Å². The Balaban J connectivity index is 2.74. The number of carboxylic acid groups (broad SMARTS) is 1. The third-order valence-electron chi connectivity index (χ3n) is 1.96. The molecule has 0 fully saturated rings. The van der Waals surface area contributed by atoms with Crippen molar-refractivity contribution < 1.29 is 27.9 Å². The van der Waals surface area contributed by atoms with E-state index in [9.17, 15) is 22.8 Å². The van der Waals surface area contributed by atoms with Crippen LogP contribution >= 0.6 is 0 Å². The van der Waals surface area contributed by atoms with E-state index < -0.39 is 35.5 Å². The highest BCUT2D eigenvalue weighted by Crippen LogP contribution is 2.17. The van der Waals surface area contributed by atoms with E-state index in [0.29, 0.717) is 12.1 Å². The lowest BCUT2D eigenvalue weighted by Crippen LogP contribution is -2.40. The predicted octanol–water partition coefficient (Wildman–Crippen LogP) is 1.70. The summed E-state index contributed by atoms with van der Waals surface area (Å²) in [4.78, 5) is 21.6. The number of carbonyl (C=O) groups is 2. The van der Waals surface area contributed by atoms with E-state index >= 15 is 0 Å². The van der Waals surface area contributed by atoms with Gasteiger partial charge in [0.05, 0.1) is 0 Å². The second-order valence-electron chi connectivity index (χ2n) is 3.41. The normalized spacial score (nSPS) is 11.8. The Morgan fingerprint density at radius 2 is 1.72 bits per heavy atom. The molecule has 0 bridgehead atoms. The van der Waals surface area contributed by atoms with Crippen LogP contribution in [0.25, 0.3) is 0 Å². The molecule has 0 spiro atoms. The maximum atomic E-state index is 12.8. The topological polar surface area (TPSA) is 78.4 Å². The molecule has 0 aromatic heterocycles. The van der Waals surface area contributed by atoms with Crippen LogP contribution in [0.1, 0.15) is 6.92 Å². The molecule has 1 rings (SSSR count). The van der Waals surface area contributed by atoms with Crippen molar-refractivity contribution in [3.8, 4) is 0 Å². The van der Waals surface area contributed by atoms with Crippen LogP contribution in [0.15, 0.2) is 12.1 Å². The number of nitrogens with one attached hydrogen (secondary N) is 2. The molecule has 0 saturated carbocycles. The summed E-state index contributed by atoms with van der Waals surface area (Å²) in [6.07, 6.45) is 0. The number of benzene rings is 1. The van der Waals surface area contributed by atoms with Crippen molar-refractivity contribution in [3.63, 3.8) is 0 Å². The monoisotopic (exact) mass is 262 g/mol. The molecule has 2 amide bonds. The van der Waals surface area contributed by atoms with Gasteiger partial charge in [0.25, 0.3) is 0 Å². The van der Waals surface area contributed by atoms with Gasteiger partial charge in [0.2, 0.25) is 0 Å².